The summed E-state index contributed by atoms with van der Waals surface area (Å²) in [4.78, 5) is 8.73. The van der Waals surface area contributed by atoms with E-state index < -0.39 is 0 Å². The minimum absolute atomic E-state index is 0.141. The summed E-state index contributed by atoms with van der Waals surface area (Å²) in [6, 6.07) is 1.83. The van der Waals surface area contributed by atoms with E-state index in [1.807, 2.05) is 13.0 Å². The van der Waals surface area contributed by atoms with Crippen molar-refractivity contribution in [1.82, 2.24) is 9.97 Å². The fourth-order valence-electron chi connectivity index (χ4n) is 1.72. The minimum Gasteiger partial charge on any atom is -0.478 e. The molecule has 1 unspecified atom stereocenters. The Bertz CT molecular complexity index is 398. The Hall–Kier alpha value is -1.36. The van der Waals surface area contributed by atoms with Gasteiger partial charge in [0.15, 0.2) is 0 Å². The molecule has 1 aromatic heterocycles. The Morgan fingerprint density at radius 2 is 2.11 bits per heavy atom. The van der Waals surface area contributed by atoms with Gasteiger partial charge in [0.1, 0.15) is 0 Å². The average molecular weight is 267 g/mol. The molecular weight excluding hydrogens is 242 g/mol. The monoisotopic (exact) mass is 267 g/mol. The summed E-state index contributed by atoms with van der Waals surface area (Å²) in [6.45, 7) is 8.90. The van der Waals surface area contributed by atoms with Gasteiger partial charge in [-0.3, -0.25) is 0 Å². The summed E-state index contributed by atoms with van der Waals surface area (Å²) in [5, 5.41) is 12.4. The SMILES string of the molecule is CCCOc1cc(C)nc(NC(C)(CC)CCO)n1. The molecule has 0 aliphatic carbocycles. The molecule has 0 fully saturated rings. The van der Waals surface area contributed by atoms with Crippen LogP contribution in [0.1, 0.15) is 45.7 Å². The minimum atomic E-state index is -0.204. The Kier molecular flexibility index (Phi) is 6.02. The van der Waals surface area contributed by atoms with Crippen LogP contribution in [0.4, 0.5) is 5.95 Å². The number of aryl methyl sites for hydroxylation is 1. The third-order valence-electron chi connectivity index (χ3n) is 3.14. The second kappa shape index (κ2) is 7.28. The first-order valence-electron chi connectivity index (χ1n) is 6.90. The van der Waals surface area contributed by atoms with E-state index in [1.54, 1.807) is 0 Å². The van der Waals surface area contributed by atoms with Gasteiger partial charge in [-0.15, -0.1) is 0 Å². The lowest BCUT2D eigenvalue weighted by Gasteiger charge is -2.29. The third-order valence-corrected chi connectivity index (χ3v) is 3.14. The van der Waals surface area contributed by atoms with E-state index in [0.717, 1.165) is 18.5 Å². The molecule has 5 nitrogen and oxygen atoms in total. The van der Waals surface area contributed by atoms with Gasteiger partial charge in [-0.05, 0) is 33.1 Å². The molecule has 0 aliphatic rings. The number of aromatic nitrogens is 2. The molecule has 2 N–H and O–H groups in total. The van der Waals surface area contributed by atoms with E-state index in [1.165, 1.54) is 0 Å². The quantitative estimate of drug-likeness (QED) is 0.757. The Morgan fingerprint density at radius 1 is 1.37 bits per heavy atom. The van der Waals surface area contributed by atoms with Gasteiger partial charge in [-0.2, -0.15) is 4.98 Å². The molecule has 0 amide bonds. The topological polar surface area (TPSA) is 67.3 Å². The molecule has 1 aromatic rings. The maximum Gasteiger partial charge on any atom is 0.226 e. The van der Waals surface area contributed by atoms with E-state index in [0.29, 0.717) is 24.9 Å². The van der Waals surface area contributed by atoms with Crippen molar-refractivity contribution in [3.63, 3.8) is 0 Å². The van der Waals surface area contributed by atoms with Gasteiger partial charge in [-0.25, -0.2) is 4.98 Å². The summed E-state index contributed by atoms with van der Waals surface area (Å²) in [5.74, 6) is 1.16. The van der Waals surface area contributed by atoms with Gasteiger partial charge in [-0.1, -0.05) is 13.8 Å². The molecule has 0 spiro atoms. The molecule has 0 aliphatic heterocycles. The van der Waals surface area contributed by atoms with Crippen molar-refractivity contribution in [2.24, 2.45) is 0 Å². The van der Waals surface area contributed by atoms with E-state index in [4.69, 9.17) is 9.84 Å². The van der Waals surface area contributed by atoms with Gasteiger partial charge in [0.05, 0.1) is 6.61 Å². The Balaban J connectivity index is 2.84. The van der Waals surface area contributed by atoms with E-state index in [2.05, 4.69) is 36.1 Å². The first-order chi connectivity index (χ1) is 9.03. The highest BCUT2D eigenvalue weighted by molar-refractivity contribution is 5.33. The first-order valence-corrected chi connectivity index (χ1v) is 6.90. The molecule has 0 radical (unpaired) electrons. The van der Waals surface area contributed by atoms with E-state index in [9.17, 15) is 0 Å². The third kappa shape index (κ3) is 5.03. The van der Waals surface area contributed by atoms with Gasteiger partial charge in [0.2, 0.25) is 11.8 Å². The molecule has 5 heteroatoms. The maximum absolute atomic E-state index is 9.13. The molecule has 0 saturated heterocycles. The van der Waals surface area contributed by atoms with Crippen molar-refractivity contribution in [3.8, 4) is 5.88 Å². The van der Waals surface area contributed by atoms with Crippen LogP contribution in [0.25, 0.3) is 0 Å². The van der Waals surface area contributed by atoms with Crippen LogP contribution in [-0.4, -0.2) is 33.8 Å². The zero-order valence-corrected chi connectivity index (χ0v) is 12.4. The van der Waals surface area contributed by atoms with E-state index >= 15 is 0 Å². The van der Waals surface area contributed by atoms with Crippen LogP contribution < -0.4 is 10.1 Å². The smallest absolute Gasteiger partial charge is 0.226 e. The second-order valence-corrected chi connectivity index (χ2v) is 5.03. The van der Waals surface area contributed by atoms with Crippen molar-refractivity contribution < 1.29 is 9.84 Å². The summed E-state index contributed by atoms with van der Waals surface area (Å²) in [5.41, 5.74) is 0.663. The molecule has 1 rings (SSSR count). The fraction of sp³-hybridized carbons (Fsp3) is 0.714. The van der Waals surface area contributed by atoms with Crippen molar-refractivity contribution in [3.05, 3.63) is 11.8 Å². The van der Waals surface area contributed by atoms with Gasteiger partial charge < -0.3 is 15.2 Å². The lowest BCUT2D eigenvalue weighted by atomic mass is 9.95. The van der Waals surface area contributed by atoms with E-state index in [-0.39, 0.29) is 12.1 Å². The van der Waals surface area contributed by atoms with Gasteiger partial charge >= 0.3 is 0 Å². The molecule has 0 bridgehead atoms. The van der Waals surface area contributed by atoms with Crippen molar-refractivity contribution in [2.45, 2.75) is 52.5 Å². The zero-order chi connectivity index (χ0) is 14.3. The number of aliphatic hydroxyl groups is 1. The standard InChI is InChI=1S/C14H25N3O2/c1-5-9-19-12-10-11(3)15-13(16-12)17-14(4,6-2)7-8-18/h10,18H,5-9H2,1-4H3,(H,15,16,17). The predicted octanol–water partition coefficient (Wildman–Crippen LogP) is 2.54. The molecule has 0 saturated carbocycles. The Morgan fingerprint density at radius 3 is 2.68 bits per heavy atom. The largest absolute Gasteiger partial charge is 0.478 e. The summed E-state index contributed by atoms with van der Waals surface area (Å²) in [7, 11) is 0. The van der Waals surface area contributed by atoms with Crippen LogP contribution in [0.2, 0.25) is 0 Å². The van der Waals surface area contributed by atoms with Crippen molar-refractivity contribution in [2.75, 3.05) is 18.5 Å². The number of aliphatic hydroxyl groups excluding tert-OH is 1. The number of hydrogen-bond acceptors (Lipinski definition) is 5. The van der Waals surface area contributed by atoms with Crippen molar-refractivity contribution in [1.29, 1.82) is 0 Å². The zero-order valence-electron chi connectivity index (χ0n) is 12.4. The van der Waals surface area contributed by atoms with Crippen LogP contribution in [-0.2, 0) is 0 Å². The molecular formula is C14H25N3O2. The van der Waals surface area contributed by atoms with Crippen LogP contribution in [0.3, 0.4) is 0 Å². The van der Waals surface area contributed by atoms with Crippen LogP contribution in [0, 0.1) is 6.92 Å². The predicted molar refractivity (Wildman–Crippen MR) is 76.6 cm³/mol. The van der Waals surface area contributed by atoms with Gasteiger partial charge in [0.25, 0.3) is 0 Å². The summed E-state index contributed by atoms with van der Waals surface area (Å²) in [6.07, 6.45) is 2.49. The van der Waals surface area contributed by atoms with Crippen LogP contribution in [0.15, 0.2) is 6.07 Å². The number of ether oxygens (including phenoxy) is 1. The van der Waals surface area contributed by atoms with Gasteiger partial charge in [0, 0.05) is 23.9 Å². The lowest BCUT2D eigenvalue weighted by Crippen LogP contribution is -2.35. The normalized spacial score (nSPS) is 13.9. The number of anilines is 1. The molecule has 0 aromatic carbocycles. The lowest BCUT2D eigenvalue weighted by molar-refractivity contribution is 0.251. The highest BCUT2D eigenvalue weighted by atomic mass is 16.5. The average Bonchev–Trinajstić information content (AvgIpc) is 2.36. The summed E-state index contributed by atoms with van der Waals surface area (Å²) < 4.78 is 5.54. The first kappa shape index (κ1) is 15.7. The fourth-order valence-corrected chi connectivity index (χ4v) is 1.72. The number of nitrogens with zero attached hydrogens (tertiary/aromatic N) is 2. The van der Waals surface area contributed by atoms with Crippen molar-refractivity contribution >= 4 is 5.95 Å². The maximum atomic E-state index is 9.13. The van der Waals surface area contributed by atoms with Crippen LogP contribution in [0.5, 0.6) is 5.88 Å². The van der Waals surface area contributed by atoms with Crippen LogP contribution >= 0.6 is 0 Å². The highest BCUT2D eigenvalue weighted by Crippen LogP contribution is 2.21. The number of rotatable bonds is 8. The Labute approximate surface area is 115 Å². The molecule has 1 heterocycles. The number of nitrogens with one attached hydrogen (secondary N) is 1. The molecule has 19 heavy (non-hydrogen) atoms. The molecule has 108 valence electrons. The molecule has 1 atom stereocenters. The number of hydrogen-bond donors (Lipinski definition) is 2. The highest BCUT2D eigenvalue weighted by Gasteiger charge is 2.22. The summed E-state index contributed by atoms with van der Waals surface area (Å²) >= 11 is 0. The second-order valence-electron chi connectivity index (χ2n) is 5.03.